The van der Waals surface area contributed by atoms with Crippen molar-refractivity contribution in [2.75, 3.05) is 0 Å². The van der Waals surface area contributed by atoms with Crippen LogP contribution in [-0.4, -0.2) is 38.0 Å². The minimum Gasteiger partial charge on any atom is -0.480 e. The minimum atomic E-state index is -1.07. The number of carboxylic acids is 1. The quantitative estimate of drug-likeness (QED) is 0.711. The molecule has 2 aromatic carbocycles. The third kappa shape index (κ3) is 3.57. The SMILES string of the molecule is O=C(Cn1nnc2ccccc21)NC(Cc1ccccc1)C(=O)O. The van der Waals surface area contributed by atoms with Gasteiger partial charge < -0.3 is 10.4 Å². The van der Waals surface area contributed by atoms with Gasteiger partial charge in [0, 0.05) is 6.42 Å². The van der Waals surface area contributed by atoms with Crippen LogP contribution in [0.15, 0.2) is 54.6 Å². The Kier molecular flexibility index (Phi) is 4.51. The molecule has 0 saturated carbocycles. The fourth-order valence-electron chi connectivity index (χ4n) is 2.46. The lowest BCUT2D eigenvalue weighted by Crippen LogP contribution is -2.43. The maximum atomic E-state index is 12.2. The second kappa shape index (κ2) is 6.91. The van der Waals surface area contributed by atoms with Crippen LogP contribution in [0.5, 0.6) is 0 Å². The number of rotatable bonds is 6. The van der Waals surface area contributed by atoms with E-state index in [1.807, 2.05) is 42.5 Å². The van der Waals surface area contributed by atoms with Crippen LogP contribution in [0.4, 0.5) is 0 Å². The number of nitrogens with one attached hydrogen (secondary N) is 1. The number of carbonyl (C=O) groups excluding carboxylic acids is 1. The summed E-state index contributed by atoms with van der Waals surface area (Å²) in [5.74, 6) is -1.50. The van der Waals surface area contributed by atoms with Gasteiger partial charge in [-0.3, -0.25) is 4.79 Å². The molecule has 122 valence electrons. The molecule has 1 heterocycles. The van der Waals surface area contributed by atoms with Gasteiger partial charge in [-0.1, -0.05) is 47.7 Å². The summed E-state index contributed by atoms with van der Waals surface area (Å²) in [6.07, 6.45) is 0.222. The van der Waals surface area contributed by atoms with Crippen LogP contribution in [0.25, 0.3) is 11.0 Å². The van der Waals surface area contributed by atoms with Crippen molar-refractivity contribution in [2.24, 2.45) is 0 Å². The van der Waals surface area contributed by atoms with Crippen LogP contribution in [0.3, 0.4) is 0 Å². The van der Waals surface area contributed by atoms with E-state index < -0.39 is 17.9 Å². The molecule has 0 aliphatic carbocycles. The first-order chi connectivity index (χ1) is 11.6. The monoisotopic (exact) mass is 324 g/mol. The van der Waals surface area contributed by atoms with E-state index in [0.717, 1.165) is 11.1 Å². The number of aliphatic carboxylic acids is 1. The van der Waals surface area contributed by atoms with Crippen molar-refractivity contribution in [1.82, 2.24) is 20.3 Å². The van der Waals surface area contributed by atoms with Crippen LogP contribution < -0.4 is 5.32 Å². The first-order valence-corrected chi connectivity index (χ1v) is 7.48. The van der Waals surface area contributed by atoms with Crippen molar-refractivity contribution in [2.45, 2.75) is 19.0 Å². The van der Waals surface area contributed by atoms with Gasteiger partial charge in [0.1, 0.15) is 18.1 Å². The van der Waals surface area contributed by atoms with Gasteiger partial charge in [-0.2, -0.15) is 0 Å². The summed E-state index contributed by atoms with van der Waals surface area (Å²) in [5.41, 5.74) is 2.25. The van der Waals surface area contributed by atoms with Crippen LogP contribution >= 0.6 is 0 Å². The second-order valence-corrected chi connectivity index (χ2v) is 5.38. The van der Waals surface area contributed by atoms with Crippen LogP contribution in [0, 0.1) is 0 Å². The zero-order valence-electron chi connectivity index (χ0n) is 12.8. The molecule has 0 fully saturated rings. The predicted molar refractivity (Wildman–Crippen MR) is 87.2 cm³/mol. The lowest BCUT2D eigenvalue weighted by atomic mass is 10.1. The Labute approximate surface area is 137 Å². The number of amides is 1. The Bertz CT molecular complexity index is 860. The van der Waals surface area contributed by atoms with Gasteiger partial charge in [0.2, 0.25) is 5.91 Å². The lowest BCUT2D eigenvalue weighted by molar-refractivity contribution is -0.141. The summed E-state index contributed by atoms with van der Waals surface area (Å²) in [5, 5.41) is 19.8. The van der Waals surface area contributed by atoms with E-state index in [4.69, 9.17) is 0 Å². The van der Waals surface area contributed by atoms with Gasteiger partial charge in [-0.25, -0.2) is 9.48 Å². The average molecular weight is 324 g/mol. The number of aromatic nitrogens is 3. The van der Waals surface area contributed by atoms with E-state index in [9.17, 15) is 14.7 Å². The largest absolute Gasteiger partial charge is 0.480 e. The summed E-state index contributed by atoms with van der Waals surface area (Å²) in [7, 11) is 0. The molecule has 0 spiro atoms. The fourth-order valence-corrected chi connectivity index (χ4v) is 2.46. The van der Waals surface area contributed by atoms with Crippen molar-refractivity contribution < 1.29 is 14.7 Å². The van der Waals surface area contributed by atoms with Gasteiger partial charge in [0.25, 0.3) is 0 Å². The molecule has 1 amide bonds. The second-order valence-electron chi connectivity index (χ2n) is 5.38. The molecule has 0 aliphatic rings. The Balaban J connectivity index is 1.68. The van der Waals surface area contributed by atoms with Crippen LogP contribution in [-0.2, 0) is 22.6 Å². The molecule has 1 aromatic heterocycles. The molecular weight excluding hydrogens is 308 g/mol. The van der Waals surface area contributed by atoms with Gasteiger partial charge in [0.05, 0.1) is 5.52 Å². The highest BCUT2D eigenvalue weighted by Gasteiger charge is 2.21. The van der Waals surface area contributed by atoms with Crippen molar-refractivity contribution in [3.63, 3.8) is 0 Å². The third-order valence-electron chi connectivity index (χ3n) is 3.63. The van der Waals surface area contributed by atoms with Crippen molar-refractivity contribution in [3.8, 4) is 0 Å². The summed E-state index contributed by atoms with van der Waals surface area (Å²) in [6.45, 7) is -0.0842. The van der Waals surface area contributed by atoms with Crippen molar-refractivity contribution >= 4 is 22.9 Å². The molecule has 7 heteroatoms. The van der Waals surface area contributed by atoms with E-state index in [2.05, 4.69) is 15.6 Å². The molecular formula is C17H16N4O3. The maximum absolute atomic E-state index is 12.2. The Morgan fingerprint density at radius 1 is 1.08 bits per heavy atom. The molecule has 2 N–H and O–H groups in total. The molecule has 1 atom stereocenters. The molecule has 0 bridgehead atoms. The van der Waals surface area contributed by atoms with E-state index in [1.54, 1.807) is 12.1 Å². The predicted octanol–water partition coefficient (Wildman–Crippen LogP) is 1.24. The number of benzene rings is 2. The van der Waals surface area contributed by atoms with Gasteiger partial charge >= 0.3 is 5.97 Å². The average Bonchev–Trinajstić information content (AvgIpc) is 2.98. The highest BCUT2D eigenvalue weighted by Crippen LogP contribution is 2.09. The molecule has 0 saturated heterocycles. The van der Waals surface area contributed by atoms with Crippen LogP contribution in [0.2, 0.25) is 0 Å². The number of nitrogens with zero attached hydrogens (tertiary/aromatic N) is 3. The van der Waals surface area contributed by atoms with Crippen molar-refractivity contribution in [1.29, 1.82) is 0 Å². The number of fused-ring (bicyclic) bond motifs is 1. The Morgan fingerprint density at radius 2 is 1.79 bits per heavy atom. The standard InChI is InChI=1S/C17H16N4O3/c22-16(11-21-15-9-5-4-8-13(15)19-20-21)18-14(17(23)24)10-12-6-2-1-3-7-12/h1-9,14H,10-11H2,(H,18,22)(H,23,24). The van der Waals surface area contributed by atoms with Crippen molar-refractivity contribution in [3.05, 3.63) is 60.2 Å². The molecule has 24 heavy (non-hydrogen) atoms. The molecule has 3 rings (SSSR count). The van der Waals surface area contributed by atoms with E-state index in [-0.39, 0.29) is 13.0 Å². The van der Waals surface area contributed by atoms with E-state index in [1.165, 1.54) is 4.68 Å². The number of hydrogen-bond acceptors (Lipinski definition) is 4. The highest BCUT2D eigenvalue weighted by atomic mass is 16.4. The molecule has 0 radical (unpaired) electrons. The van der Waals surface area contributed by atoms with E-state index >= 15 is 0 Å². The smallest absolute Gasteiger partial charge is 0.326 e. The molecule has 7 nitrogen and oxygen atoms in total. The van der Waals surface area contributed by atoms with Crippen LogP contribution in [0.1, 0.15) is 5.56 Å². The van der Waals surface area contributed by atoms with Gasteiger partial charge in [-0.15, -0.1) is 5.10 Å². The number of carbonyl (C=O) groups is 2. The van der Waals surface area contributed by atoms with Gasteiger partial charge in [0.15, 0.2) is 0 Å². The minimum absolute atomic E-state index is 0.0842. The third-order valence-corrected chi connectivity index (χ3v) is 3.63. The topological polar surface area (TPSA) is 97.1 Å². The Hall–Kier alpha value is -3.22. The zero-order valence-corrected chi connectivity index (χ0v) is 12.8. The number of hydrogen-bond donors (Lipinski definition) is 2. The molecule has 1 unspecified atom stereocenters. The highest BCUT2D eigenvalue weighted by molar-refractivity contribution is 5.84. The fraction of sp³-hybridized carbons (Fsp3) is 0.176. The lowest BCUT2D eigenvalue weighted by Gasteiger charge is -2.14. The first kappa shape index (κ1) is 15.7. The summed E-state index contributed by atoms with van der Waals surface area (Å²) in [4.78, 5) is 23.6. The summed E-state index contributed by atoms with van der Waals surface area (Å²) in [6, 6.07) is 15.4. The van der Waals surface area contributed by atoms with Gasteiger partial charge in [-0.05, 0) is 17.7 Å². The first-order valence-electron chi connectivity index (χ1n) is 7.48. The zero-order chi connectivity index (χ0) is 16.9. The molecule has 0 aliphatic heterocycles. The summed E-state index contributed by atoms with van der Waals surface area (Å²) >= 11 is 0. The summed E-state index contributed by atoms with van der Waals surface area (Å²) < 4.78 is 1.45. The number of para-hydroxylation sites is 1. The van der Waals surface area contributed by atoms with E-state index in [0.29, 0.717) is 5.52 Å². The number of carboxylic acid groups (broad SMARTS) is 1. The molecule has 3 aromatic rings. The normalized spacial score (nSPS) is 12.0. The Morgan fingerprint density at radius 3 is 2.54 bits per heavy atom. The maximum Gasteiger partial charge on any atom is 0.326 e.